The maximum atomic E-state index is 11.5. The van der Waals surface area contributed by atoms with E-state index in [2.05, 4.69) is 35.8 Å². The zero-order chi connectivity index (χ0) is 14.8. The van der Waals surface area contributed by atoms with Crippen LogP contribution in [0.4, 0.5) is 5.69 Å². The van der Waals surface area contributed by atoms with E-state index in [1.807, 2.05) is 12.1 Å². The van der Waals surface area contributed by atoms with Crippen LogP contribution >= 0.6 is 22.9 Å². The molecule has 3 rings (SSSR count). The number of thiophene rings is 1. The minimum absolute atomic E-state index is 0.0689. The highest BCUT2D eigenvalue weighted by Gasteiger charge is 2.21. The molecule has 1 amide bonds. The molecule has 1 aliphatic rings. The van der Waals surface area contributed by atoms with E-state index in [9.17, 15) is 4.79 Å². The van der Waals surface area contributed by atoms with Gasteiger partial charge in [0.25, 0.3) is 0 Å². The molecule has 3 nitrogen and oxygen atoms in total. The summed E-state index contributed by atoms with van der Waals surface area (Å²) in [6.45, 7) is 3.09. The number of hydrogen-bond donors (Lipinski definition) is 2. The molecule has 21 heavy (non-hydrogen) atoms. The zero-order valence-corrected chi connectivity index (χ0v) is 13.4. The minimum Gasteiger partial charge on any atom is -0.326 e. The molecule has 110 valence electrons. The molecule has 0 radical (unpaired) electrons. The Kier molecular flexibility index (Phi) is 4.29. The van der Waals surface area contributed by atoms with E-state index in [-0.39, 0.29) is 11.9 Å². The molecule has 2 N–H and O–H groups in total. The first-order valence-corrected chi connectivity index (χ1v) is 8.28. The smallest absolute Gasteiger partial charge is 0.228 e. The molecule has 1 atom stereocenters. The van der Waals surface area contributed by atoms with E-state index in [1.54, 1.807) is 11.3 Å². The lowest BCUT2D eigenvalue weighted by molar-refractivity contribution is -0.115. The number of carbonyl (C=O) groups is 1. The van der Waals surface area contributed by atoms with Crippen LogP contribution in [0.15, 0.2) is 30.3 Å². The van der Waals surface area contributed by atoms with Crippen LogP contribution in [0.5, 0.6) is 0 Å². The van der Waals surface area contributed by atoms with Crippen LogP contribution in [0.25, 0.3) is 0 Å². The van der Waals surface area contributed by atoms with Crippen molar-refractivity contribution in [2.45, 2.75) is 25.8 Å². The third-order valence-electron chi connectivity index (χ3n) is 3.56. The Morgan fingerprint density at radius 2 is 2.24 bits per heavy atom. The van der Waals surface area contributed by atoms with Gasteiger partial charge in [-0.25, -0.2) is 0 Å². The highest BCUT2D eigenvalue weighted by atomic mass is 35.5. The largest absolute Gasteiger partial charge is 0.326 e. The maximum absolute atomic E-state index is 11.5. The molecule has 0 aliphatic carbocycles. The molecular formula is C16H17ClN2OS. The number of rotatable bonds is 5. The Labute approximate surface area is 133 Å². The summed E-state index contributed by atoms with van der Waals surface area (Å²) in [6, 6.07) is 10.3. The van der Waals surface area contributed by atoms with Crippen LogP contribution in [0.3, 0.4) is 0 Å². The molecule has 2 aromatic rings. The molecule has 5 heteroatoms. The Morgan fingerprint density at radius 3 is 2.95 bits per heavy atom. The summed E-state index contributed by atoms with van der Waals surface area (Å²) in [7, 11) is 0. The molecular weight excluding hydrogens is 304 g/mol. The van der Waals surface area contributed by atoms with Gasteiger partial charge < -0.3 is 10.6 Å². The highest BCUT2D eigenvalue weighted by Crippen LogP contribution is 2.33. The van der Waals surface area contributed by atoms with E-state index >= 15 is 0 Å². The highest BCUT2D eigenvalue weighted by molar-refractivity contribution is 7.16. The van der Waals surface area contributed by atoms with Crippen LogP contribution < -0.4 is 10.6 Å². The summed E-state index contributed by atoms with van der Waals surface area (Å²) in [5.74, 6) is 0.0689. The van der Waals surface area contributed by atoms with Crippen LogP contribution in [0.1, 0.15) is 35.4 Å². The third kappa shape index (κ3) is 3.12. The summed E-state index contributed by atoms with van der Waals surface area (Å²) >= 11 is 7.67. The maximum Gasteiger partial charge on any atom is 0.228 e. The summed E-state index contributed by atoms with van der Waals surface area (Å²) in [5.41, 5.74) is 3.18. The fourth-order valence-corrected chi connectivity index (χ4v) is 3.75. The second-order valence-electron chi connectivity index (χ2n) is 5.17. The molecule has 1 aromatic heterocycles. The number of halogens is 1. The standard InChI is InChI=1S/C16H17ClN2OS/c1-2-7-18-16(13-5-6-14(17)21-13)10-3-4-12-11(8-10)9-15(20)19-12/h3-6,8,16,18H,2,7,9H2,1H3,(H,19,20). The Balaban J connectivity index is 1.93. The lowest BCUT2D eigenvalue weighted by atomic mass is 10.0. The van der Waals surface area contributed by atoms with Gasteiger partial charge in [-0.05, 0) is 42.3 Å². The van der Waals surface area contributed by atoms with Crippen molar-refractivity contribution in [3.05, 3.63) is 50.7 Å². The van der Waals surface area contributed by atoms with Gasteiger partial charge in [-0.15, -0.1) is 11.3 Å². The number of carbonyl (C=O) groups excluding carboxylic acids is 1. The van der Waals surface area contributed by atoms with Gasteiger partial charge in [-0.1, -0.05) is 30.7 Å². The van der Waals surface area contributed by atoms with Crippen LogP contribution in [0, 0.1) is 0 Å². The first kappa shape index (κ1) is 14.6. The van der Waals surface area contributed by atoms with E-state index in [0.29, 0.717) is 6.42 Å². The van der Waals surface area contributed by atoms with Gasteiger partial charge in [0, 0.05) is 10.6 Å². The van der Waals surface area contributed by atoms with Crippen LogP contribution in [-0.2, 0) is 11.2 Å². The number of amides is 1. The number of anilines is 1. The van der Waals surface area contributed by atoms with Crippen molar-refractivity contribution in [1.29, 1.82) is 0 Å². The van der Waals surface area contributed by atoms with E-state index in [1.165, 1.54) is 10.4 Å². The summed E-state index contributed by atoms with van der Waals surface area (Å²) in [4.78, 5) is 12.7. The number of fused-ring (bicyclic) bond motifs is 1. The lowest BCUT2D eigenvalue weighted by Crippen LogP contribution is -2.22. The van der Waals surface area contributed by atoms with E-state index in [4.69, 9.17) is 11.6 Å². The second kappa shape index (κ2) is 6.18. The van der Waals surface area contributed by atoms with Crippen molar-refractivity contribution in [3.63, 3.8) is 0 Å². The predicted molar refractivity (Wildman–Crippen MR) is 88.2 cm³/mol. The van der Waals surface area contributed by atoms with Gasteiger partial charge in [-0.3, -0.25) is 4.79 Å². The van der Waals surface area contributed by atoms with Gasteiger partial charge in [0.05, 0.1) is 16.8 Å². The topological polar surface area (TPSA) is 41.1 Å². The van der Waals surface area contributed by atoms with Crippen molar-refractivity contribution in [2.75, 3.05) is 11.9 Å². The zero-order valence-electron chi connectivity index (χ0n) is 11.8. The van der Waals surface area contributed by atoms with Crippen LogP contribution in [0.2, 0.25) is 4.34 Å². The SMILES string of the molecule is CCCNC(c1ccc2c(c1)CC(=O)N2)c1ccc(Cl)s1. The Morgan fingerprint density at radius 1 is 1.38 bits per heavy atom. The van der Waals surface area contributed by atoms with Crippen molar-refractivity contribution in [3.8, 4) is 0 Å². The van der Waals surface area contributed by atoms with Gasteiger partial charge in [0.15, 0.2) is 0 Å². The number of hydrogen-bond acceptors (Lipinski definition) is 3. The Hall–Kier alpha value is -1.36. The molecule has 0 saturated carbocycles. The van der Waals surface area contributed by atoms with Crippen molar-refractivity contribution >= 4 is 34.5 Å². The molecule has 0 spiro atoms. The predicted octanol–water partition coefficient (Wildman–Crippen LogP) is 3.99. The van der Waals surface area contributed by atoms with Gasteiger partial charge in [0.2, 0.25) is 5.91 Å². The second-order valence-corrected chi connectivity index (χ2v) is 6.92. The van der Waals surface area contributed by atoms with Gasteiger partial charge in [0.1, 0.15) is 0 Å². The van der Waals surface area contributed by atoms with Crippen LogP contribution in [-0.4, -0.2) is 12.5 Å². The monoisotopic (exact) mass is 320 g/mol. The Bertz CT molecular complexity index is 668. The first-order chi connectivity index (χ1) is 10.2. The quantitative estimate of drug-likeness (QED) is 0.874. The summed E-state index contributed by atoms with van der Waals surface area (Å²) in [5, 5.41) is 6.44. The van der Waals surface area contributed by atoms with Gasteiger partial charge >= 0.3 is 0 Å². The average molecular weight is 321 g/mol. The van der Waals surface area contributed by atoms with E-state index < -0.39 is 0 Å². The molecule has 0 saturated heterocycles. The summed E-state index contributed by atoms with van der Waals surface area (Å²) in [6.07, 6.45) is 1.54. The lowest BCUT2D eigenvalue weighted by Gasteiger charge is -2.18. The molecule has 2 heterocycles. The van der Waals surface area contributed by atoms with Crippen molar-refractivity contribution < 1.29 is 4.79 Å². The fourth-order valence-electron chi connectivity index (χ4n) is 2.58. The first-order valence-electron chi connectivity index (χ1n) is 7.08. The minimum atomic E-state index is 0.0689. The molecule has 1 unspecified atom stereocenters. The molecule has 1 aromatic carbocycles. The molecule has 0 bridgehead atoms. The number of benzene rings is 1. The number of nitrogens with one attached hydrogen (secondary N) is 2. The van der Waals surface area contributed by atoms with Crippen molar-refractivity contribution in [1.82, 2.24) is 5.32 Å². The summed E-state index contributed by atoms with van der Waals surface area (Å²) < 4.78 is 0.798. The van der Waals surface area contributed by atoms with E-state index in [0.717, 1.165) is 28.6 Å². The van der Waals surface area contributed by atoms with Crippen molar-refractivity contribution in [2.24, 2.45) is 0 Å². The van der Waals surface area contributed by atoms with Gasteiger partial charge in [-0.2, -0.15) is 0 Å². The fraction of sp³-hybridized carbons (Fsp3) is 0.312. The molecule has 1 aliphatic heterocycles. The third-order valence-corrected chi connectivity index (χ3v) is 4.86. The normalized spacial score (nSPS) is 14.9. The average Bonchev–Trinajstić information content (AvgIpc) is 3.04. The molecule has 0 fully saturated rings.